The van der Waals surface area contributed by atoms with Crippen LogP contribution in [0.5, 0.6) is 5.75 Å². The average Bonchev–Trinajstić information content (AvgIpc) is 2.37. The molecule has 21 heavy (non-hydrogen) atoms. The van der Waals surface area contributed by atoms with E-state index in [0.717, 1.165) is 5.56 Å². The second-order valence-electron chi connectivity index (χ2n) is 5.02. The molecule has 5 heteroatoms. The highest BCUT2D eigenvalue weighted by molar-refractivity contribution is 5.73. The summed E-state index contributed by atoms with van der Waals surface area (Å²) in [7, 11) is 0. The van der Waals surface area contributed by atoms with E-state index in [1.54, 1.807) is 18.2 Å². The maximum Gasteiger partial charge on any atom is 0.307 e. The molecule has 0 aliphatic rings. The van der Waals surface area contributed by atoms with Gasteiger partial charge in [-0.2, -0.15) is 0 Å². The van der Waals surface area contributed by atoms with Crippen molar-refractivity contribution >= 4 is 11.8 Å². The first-order valence-electron chi connectivity index (χ1n) is 6.70. The molecule has 2 rings (SSSR count). The zero-order valence-corrected chi connectivity index (χ0v) is 12.0. The first-order valence-corrected chi connectivity index (χ1v) is 6.70. The second-order valence-corrected chi connectivity index (χ2v) is 5.02. The Hall–Kier alpha value is -2.56. The fourth-order valence-electron chi connectivity index (χ4n) is 2.02. The van der Waals surface area contributed by atoms with Gasteiger partial charge in [-0.3, -0.25) is 4.79 Å². The number of carboxylic acid groups (broad SMARTS) is 1. The summed E-state index contributed by atoms with van der Waals surface area (Å²) in [5, 5.41) is 8.89. The summed E-state index contributed by atoms with van der Waals surface area (Å²) in [6, 6.07) is 10.7. The maximum atomic E-state index is 10.8. The summed E-state index contributed by atoms with van der Waals surface area (Å²) in [6.07, 6.45) is -0.0658. The molecule has 0 saturated carbocycles. The molecule has 110 valence electrons. The molecule has 0 amide bonds. The van der Waals surface area contributed by atoms with Gasteiger partial charge in [0.2, 0.25) is 0 Å². The number of nitrogen functional groups attached to an aromatic ring is 1. The van der Waals surface area contributed by atoms with E-state index in [4.69, 9.17) is 15.6 Å². The highest BCUT2D eigenvalue weighted by atomic mass is 16.5. The van der Waals surface area contributed by atoms with Crippen molar-refractivity contribution in [3.8, 4) is 17.0 Å². The molecule has 0 aliphatic heterocycles. The highest BCUT2D eigenvalue weighted by Gasteiger charge is 2.12. The van der Waals surface area contributed by atoms with Crippen molar-refractivity contribution in [1.82, 2.24) is 4.98 Å². The van der Waals surface area contributed by atoms with E-state index < -0.39 is 5.97 Å². The summed E-state index contributed by atoms with van der Waals surface area (Å²) < 4.78 is 5.79. The van der Waals surface area contributed by atoms with Crippen molar-refractivity contribution in [2.75, 3.05) is 5.73 Å². The van der Waals surface area contributed by atoms with Gasteiger partial charge in [-0.15, -0.1) is 0 Å². The van der Waals surface area contributed by atoms with Gasteiger partial charge in [-0.05, 0) is 43.7 Å². The molecule has 5 nitrogen and oxygen atoms in total. The molecule has 0 unspecified atom stereocenters. The number of pyridine rings is 1. The molecule has 1 aromatic heterocycles. The molecule has 1 heterocycles. The number of carbonyl (C=O) groups is 1. The Balaban J connectivity index is 2.46. The zero-order valence-electron chi connectivity index (χ0n) is 12.0. The Morgan fingerprint density at radius 1 is 1.33 bits per heavy atom. The number of carboxylic acids is 1. The normalized spacial score (nSPS) is 10.6. The number of benzene rings is 1. The van der Waals surface area contributed by atoms with E-state index >= 15 is 0 Å². The van der Waals surface area contributed by atoms with Crippen LogP contribution in [0.2, 0.25) is 0 Å². The first kappa shape index (κ1) is 14.8. The molecule has 3 N–H and O–H groups in total. The Kier molecular flexibility index (Phi) is 4.42. The van der Waals surface area contributed by atoms with Crippen molar-refractivity contribution < 1.29 is 14.6 Å². The number of aliphatic carboxylic acids is 1. The zero-order chi connectivity index (χ0) is 15.4. The lowest BCUT2D eigenvalue weighted by Crippen LogP contribution is -2.08. The molecule has 0 bridgehead atoms. The second kappa shape index (κ2) is 6.26. The van der Waals surface area contributed by atoms with Gasteiger partial charge in [0.1, 0.15) is 11.6 Å². The van der Waals surface area contributed by atoms with Crippen LogP contribution in [-0.4, -0.2) is 22.2 Å². The van der Waals surface area contributed by atoms with Gasteiger partial charge in [0.15, 0.2) is 0 Å². The summed E-state index contributed by atoms with van der Waals surface area (Å²) in [4.78, 5) is 15.1. The molecule has 2 aromatic rings. The Morgan fingerprint density at radius 2 is 2.10 bits per heavy atom. The fraction of sp³-hybridized carbons (Fsp3) is 0.250. The Bertz CT molecular complexity index is 654. The Labute approximate surface area is 123 Å². The van der Waals surface area contributed by atoms with Crippen LogP contribution in [0.4, 0.5) is 5.82 Å². The van der Waals surface area contributed by atoms with E-state index in [1.165, 1.54) is 0 Å². The van der Waals surface area contributed by atoms with Gasteiger partial charge < -0.3 is 15.6 Å². The third kappa shape index (κ3) is 3.95. The average molecular weight is 286 g/mol. The van der Waals surface area contributed by atoms with E-state index in [2.05, 4.69) is 4.98 Å². The van der Waals surface area contributed by atoms with Crippen LogP contribution in [0.3, 0.4) is 0 Å². The van der Waals surface area contributed by atoms with Crippen LogP contribution in [0.15, 0.2) is 36.4 Å². The fourth-order valence-corrected chi connectivity index (χ4v) is 2.02. The quantitative estimate of drug-likeness (QED) is 0.882. The molecule has 0 saturated heterocycles. The molecule has 1 aromatic carbocycles. The predicted molar refractivity (Wildman–Crippen MR) is 81.2 cm³/mol. The van der Waals surface area contributed by atoms with E-state index in [1.807, 2.05) is 32.0 Å². The van der Waals surface area contributed by atoms with Gasteiger partial charge in [0, 0.05) is 5.56 Å². The lowest BCUT2D eigenvalue weighted by atomic mass is 10.0. The number of hydrogen-bond donors (Lipinski definition) is 2. The first-order chi connectivity index (χ1) is 9.95. The minimum Gasteiger partial charge on any atom is -0.490 e. The topological polar surface area (TPSA) is 85.4 Å². The predicted octanol–water partition coefficient (Wildman–Crippen LogP) is 2.75. The lowest BCUT2D eigenvalue weighted by Gasteiger charge is -2.15. The summed E-state index contributed by atoms with van der Waals surface area (Å²) in [5.41, 5.74) is 7.90. The van der Waals surface area contributed by atoms with Gasteiger partial charge in [0.05, 0.1) is 18.2 Å². The maximum absolute atomic E-state index is 10.8. The minimum atomic E-state index is -0.875. The van der Waals surface area contributed by atoms with E-state index in [0.29, 0.717) is 22.8 Å². The van der Waals surface area contributed by atoms with Crippen LogP contribution in [0.1, 0.15) is 19.4 Å². The number of hydrogen-bond acceptors (Lipinski definition) is 4. The standard InChI is InChI=1S/C16H18N2O3/c1-10(2)21-14-8-11(9-16(19)20)6-7-12(14)13-4-3-5-15(17)18-13/h3-8,10H,9H2,1-2H3,(H2,17,18)(H,19,20). The van der Waals surface area contributed by atoms with Crippen LogP contribution < -0.4 is 10.5 Å². The number of ether oxygens (including phenoxy) is 1. The summed E-state index contributed by atoms with van der Waals surface area (Å²) >= 11 is 0. The van der Waals surface area contributed by atoms with Gasteiger partial charge in [0.25, 0.3) is 0 Å². The summed E-state index contributed by atoms with van der Waals surface area (Å²) in [6.45, 7) is 3.83. The lowest BCUT2D eigenvalue weighted by molar-refractivity contribution is -0.136. The molecule has 0 fully saturated rings. The highest BCUT2D eigenvalue weighted by Crippen LogP contribution is 2.31. The van der Waals surface area contributed by atoms with Gasteiger partial charge in [-0.25, -0.2) is 4.98 Å². The molecule has 0 atom stereocenters. The largest absolute Gasteiger partial charge is 0.490 e. The molecular formula is C16H18N2O3. The van der Waals surface area contributed by atoms with Crippen LogP contribution in [-0.2, 0) is 11.2 Å². The van der Waals surface area contributed by atoms with Crippen LogP contribution in [0.25, 0.3) is 11.3 Å². The number of nitrogens with two attached hydrogens (primary N) is 1. The van der Waals surface area contributed by atoms with Crippen molar-refractivity contribution in [3.63, 3.8) is 0 Å². The molecule has 0 radical (unpaired) electrons. The van der Waals surface area contributed by atoms with Crippen molar-refractivity contribution in [2.24, 2.45) is 0 Å². The van der Waals surface area contributed by atoms with Crippen molar-refractivity contribution in [2.45, 2.75) is 26.4 Å². The third-order valence-electron chi connectivity index (χ3n) is 2.81. The van der Waals surface area contributed by atoms with E-state index in [-0.39, 0.29) is 12.5 Å². The third-order valence-corrected chi connectivity index (χ3v) is 2.81. The van der Waals surface area contributed by atoms with Gasteiger partial charge >= 0.3 is 5.97 Å². The van der Waals surface area contributed by atoms with Gasteiger partial charge in [-0.1, -0.05) is 12.1 Å². The number of anilines is 1. The van der Waals surface area contributed by atoms with Crippen LogP contribution >= 0.6 is 0 Å². The van der Waals surface area contributed by atoms with Crippen molar-refractivity contribution in [3.05, 3.63) is 42.0 Å². The Morgan fingerprint density at radius 3 is 2.71 bits per heavy atom. The molecular weight excluding hydrogens is 268 g/mol. The molecule has 0 aliphatic carbocycles. The summed E-state index contributed by atoms with van der Waals surface area (Å²) in [5.74, 6) is 0.166. The SMILES string of the molecule is CC(C)Oc1cc(CC(=O)O)ccc1-c1cccc(N)n1. The van der Waals surface area contributed by atoms with Crippen molar-refractivity contribution in [1.29, 1.82) is 0 Å². The van der Waals surface area contributed by atoms with E-state index in [9.17, 15) is 4.79 Å². The minimum absolute atomic E-state index is 0.0233. The number of rotatable bonds is 5. The van der Waals surface area contributed by atoms with Crippen LogP contribution in [0, 0.1) is 0 Å². The molecule has 0 spiro atoms. The monoisotopic (exact) mass is 286 g/mol. The smallest absolute Gasteiger partial charge is 0.307 e. The number of nitrogens with zero attached hydrogens (tertiary/aromatic N) is 1. The number of aromatic nitrogens is 1.